The average molecular weight is 401 g/mol. The lowest BCUT2D eigenvalue weighted by molar-refractivity contribution is -0.908. The molecule has 3 rings (SSSR count). The number of aryl methyl sites for hydroxylation is 2. The summed E-state index contributed by atoms with van der Waals surface area (Å²) in [4.78, 5) is 28.7. The van der Waals surface area contributed by atoms with Crippen molar-refractivity contribution in [2.24, 2.45) is 0 Å². The summed E-state index contributed by atoms with van der Waals surface area (Å²) in [5.74, 6) is 0.542. The van der Waals surface area contributed by atoms with Gasteiger partial charge in [0.05, 0.1) is 19.8 Å². The van der Waals surface area contributed by atoms with Gasteiger partial charge in [0, 0.05) is 24.6 Å². The number of ether oxygens (including phenoxy) is 1. The smallest absolute Gasteiger partial charge is 0.254 e. The first-order valence-electron chi connectivity index (χ1n) is 10.0. The van der Waals surface area contributed by atoms with Crippen LogP contribution in [0.1, 0.15) is 28.1 Å². The van der Waals surface area contributed by atoms with Crippen LogP contribution in [0.4, 0.5) is 5.82 Å². The maximum atomic E-state index is 13.1. The average Bonchev–Trinajstić information content (AvgIpc) is 3.12. The van der Waals surface area contributed by atoms with E-state index in [1.165, 1.54) is 4.90 Å². The lowest BCUT2D eigenvalue weighted by Gasteiger charge is -2.26. The number of hydrogen-bond acceptors (Lipinski definition) is 5. The Bertz CT molecular complexity index is 830. The number of nitrogens with one attached hydrogen (secondary N) is 2. The molecule has 29 heavy (non-hydrogen) atoms. The first-order chi connectivity index (χ1) is 14.0. The highest BCUT2D eigenvalue weighted by Crippen LogP contribution is 2.12. The maximum Gasteiger partial charge on any atom is 0.254 e. The Morgan fingerprint density at radius 2 is 1.97 bits per heavy atom. The minimum absolute atomic E-state index is 0.0302. The fourth-order valence-corrected chi connectivity index (χ4v) is 3.45. The number of carbonyl (C=O) groups excluding carboxylic acids is 2. The first kappa shape index (κ1) is 21.0. The zero-order valence-corrected chi connectivity index (χ0v) is 17.1. The minimum atomic E-state index is -0.293. The Morgan fingerprint density at radius 1 is 1.21 bits per heavy atom. The Morgan fingerprint density at radius 3 is 2.66 bits per heavy atom. The van der Waals surface area contributed by atoms with Crippen LogP contribution in [-0.2, 0) is 9.53 Å². The predicted octanol–water partition coefficient (Wildman–Crippen LogP) is 0.678. The molecule has 0 bridgehead atoms. The van der Waals surface area contributed by atoms with Crippen molar-refractivity contribution in [3.8, 4) is 0 Å². The number of aromatic nitrogens is 1. The molecule has 1 aliphatic heterocycles. The van der Waals surface area contributed by atoms with Crippen molar-refractivity contribution in [1.82, 2.24) is 10.1 Å². The van der Waals surface area contributed by atoms with Gasteiger partial charge in [-0.2, -0.15) is 0 Å². The lowest BCUT2D eigenvalue weighted by Crippen LogP contribution is -3.14. The third-order valence-corrected chi connectivity index (χ3v) is 5.05. The van der Waals surface area contributed by atoms with Gasteiger partial charge in [-0.25, -0.2) is 0 Å². The highest BCUT2D eigenvalue weighted by molar-refractivity contribution is 5.99. The summed E-state index contributed by atoms with van der Waals surface area (Å²) in [5.41, 5.74) is 1.52. The number of amides is 2. The second-order valence-corrected chi connectivity index (χ2v) is 7.38. The number of nitrogens with zero attached hydrogens (tertiary/aromatic N) is 2. The zero-order chi connectivity index (χ0) is 20.6. The molecule has 2 heterocycles. The van der Waals surface area contributed by atoms with Gasteiger partial charge in [-0.15, -0.1) is 0 Å². The van der Waals surface area contributed by atoms with E-state index in [0.717, 1.165) is 44.8 Å². The van der Waals surface area contributed by atoms with Gasteiger partial charge in [-0.05, 0) is 25.5 Å². The van der Waals surface area contributed by atoms with Crippen LogP contribution in [0.2, 0.25) is 0 Å². The van der Waals surface area contributed by atoms with Crippen molar-refractivity contribution < 1.29 is 23.7 Å². The molecule has 0 aliphatic carbocycles. The van der Waals surface area contributed by atoms with Crippen LogP contribution >= 0.6 is 0 Å². The van der Waals surface area contributed by atoms with Gasteiger partial charge in [-0.3, -0.25) is 9.59 Å². The van der Waals surface area contributed by atoms with Gasteiger partial charge in [0.1, 0.15) is 25.4 Å². The molecule has 156 valence electrons. The van der Waals surface area contributed by atoms with Gasteiger partial charge < -0.3 is 24.4 Å². The summed E-state index contributed by atoms with van der Waals surface area (Å²) >= 11 is 0. The van der Waals surface area contributed by atoms with Crippen LogP contribution in [-0.4, -0.2) is 67.8 Å². The predicted molar refractivity (Wildman–Crippen MR) is 108 cm³/mol. The Hall–Kier alpha value is -2.71. The summed E-state index contributed by atoms with van der Waals surface area (Å²) in [6, 6.07) is 9.10. The van der Waals surface area contributed by atoms with Gasteiger partial charge in [0.2, 0.25) is 5.91 Å². The number of morpholine rings is 1. The Labute approximate surface area is 170 Å². The zero-order valence-electron chi connectivity index (χ0n) is 17.1. The fraction of sp³-hybridized carbons (Fsp3) is 0.476. The highest BCUT2D eigenvalue weighted by atomic mass is 16.5. The van der Waals surface area contributed by atoms with Gasteiger partial charge >= 0.3 is 0 Å². The van der Waals surface area contributed by atoms with E-state index in [9.17, 15) is 9.59 Å². The monoisotopic (exact) mass is 401 g/mol. The molecule has 0 atom stereocenters. The molecular formula is C21H29N4O4+. The second kappa shape index (κ2) is 10.2. The fourth-order valence-electron chi connectivity index (χ4n) is 3.45. The van der Waals surface area contributed by atoms with E-state index in [2.05, 4.69) is 10.5 Å². The van der Waals surface area contributed by atoms with Gasteiger partial charge in [0.15, 0.2) is 5.82 Å². The molecule has 0 spiro atoms. The molecule has 1 aliphatic rings. The number of rotatable bonds is 8. The number of carbonyl (C=O) groups is 2. The molecule has 8 heteroatoms. The van der Waals surface area contributed by atoms with Crippen LogP contribution in [0.3, 0.4) is 0 Å². The standard InChI is InChI=1S/C21H28N4O4/c1-16-6-3-4-7-18(16)21(27)25(9-5-8-24-10-12-28-13-11-24)15-20(26)22-19-14-17(2)29-23-19/h3-4,6-7,14H,5,8-13,15H2,1-2H3,(H,22,23,26)/p+1. The van der Waals surface area contributed by atoms with E-state index >= 15 is 0 Å². The van der Waals surface area contributed by atoms with Crippen LogP contribution in [0.15, 0.2) is 34.9 Å². The summed E-state index contributed by atoms with van der Waals surface area (Å²) in [5, 5.41) is 6.47. The van der Waals surface area contributed by atoms with E-state index < -0.39 is 0 Å². The van der Waals surface area contributed by atoms with Crippen molar-refractivity contribution in [2.45, 2.75) is 20.3 Å². The summed E-state index contributed by atoms with van der Waals surface area (Å²) < 4.78 is 10.4. The van der Waals surface area contributed by atoms with E-state index in [-0.39, 0.29) is 18.4 Å². The van der Waals surface area contributed by atoms with Crippen LogP contribution in [0.25, 0.3) is 0 Å². The molecule has 1 saturated heterocycles. The molecule has 0 radical (unpaired) electrons. The molecule has 1 aromatic heterocycles. The SMILES string of the molecule is Cc1cc(NC(=O)CN(CCC[NH+]2CCOCC2)C(=O)c2ccccc2C)no1. The van der Waals surface area contributed by atoms with Crippen molar-refractivity contribution in [2.75, 3.05) is 51.3 Å². The molecule has 1 fully saturated rings. The first-order valence-corrected chi connectivity index (χ1v) is 10.0. The molecular weight excluding hydrogens is 372 g/mol. The van der Waals surface area contributed by atoms with E-state index in [1.54, 1.807) is 24.0 Å². The molecule has 2 aromatic rings. The van der Waals surface area contributed by atoms with Gasteiger partial charge in [-0.1, -0.05) is 23.4 Å². The van der Waals surface area contributed by atoms with Crippen LogP contribution in [0.5, 0.6) is 0 Å². The molecule has 0 unspecified atom stereocenters. The molecule has 8 nitrogen and oxygen atoms in total. The van der Waals surface area contributed by atoms with Crippen LogP contribution < -0.4 is 10.2 Å². The molecule has 2 N–H and O–H groups in total. The van der Waals surface area contributed by atoms with Gasteiger partial charge in [0.25, 0.3) is 5.91 Å². The molecule has 1 aromatic carbocycles. The largest absolute Gasteiger partial charge is 0.370 e. The van der Waals surface area contributed by atoms with Crippen molar-refractivity contribution in [1.29, 1.82) is 0 Å². The third kappa shape index (κ3) is 6.13. The summed E-state index contributed by atoms with van der Waals surface area (Å²) in [6.45, 7) is 8.62. The lowest BCUT2D eigenvalue weighted by atomic mass is 10.1. The Balaban J connectivity index is 1.63. The van der Waals surface area contributed by atoms with E-state index in [4.69, 9.17) is 9.26 Å². The van der Waals surface area contributed by atoms with E-state index in [1.807, 2.05) is 25.1 Å². The Kier molecular flexibility index (Phi) is 7.37. The number of anilines is 1. The second-order valence-electron chi connectivity index (χ2n) is 7.38. The topological polar surface area (TPSA) is 89.1 Å². The van der Waals surface area contributed by atoms with Crippen molar-refractivity contribution in [3.05, 3.63) is 47.2 Å². The number of quaternary nitrogens is 1. The number of hydrogen-bond donors (Lipinski definition) is 2. The highest BCUT2D eigenvalue weighted by Gasteiger charge is 2.22. The van der Waals surface area contributed by atoms with Crippen molar-refractivity contribution in [3.63, 3.8) is 0 Å². The summed E-state index contributed by atoms with van der Waals surface area (Å²) in [7, 11) is 0. The minimum Gasteiger partial charge on any atom is -0.370 e. The maximum absolute atomic E-state index is 13.1. The van der Waals surface area contributed by atoms with Crippen LogP contribution in [0, 0.1) is 13.8 Å². The quantitative estimate of drug-likeness (QED) is 0.679. The van der Waals surface area contributed by atoms with E-state index in [0.29, 0.717) is 23.7 Å². The number of benzene rings is 1. The van der Waals surface area contributed by atoms with Crippen molar-refractivity contribution >= 4 is 17.6 Å². The molecule has 2 amide bonds. The third-order valence-electron chi connectivity index (χ3n) is 5.05. The summed E-state index contributed by atoms with van der Waals surface area (Å²) in [6.07, 6.45) is 0.823. The normalized spacial score (nSPS) is 14.6. The molecule has 0 saturated carbocycles.